The van der Waals surface area contributed by atoms with E-state index in [1.807, 2.05) is 0 Å². The van der Waals surface area contributed by atoms with E-state index >= 15 is 0 Å². The van der Waals surface area contributed by atoms with Crippen LogP contribution in [-0.2, 0) is 4.79 Å². The van der Waals surface area contributed by atoms with Gasteiger partial charge in [0.15, 0.2) is 0 Å². The molecule has 4 heteroatoms. The minimum atomic E-state index is -0.276. The molecule has 0 aliphatic heterocycles. The van der Waals surface area contributed by atoms with Crippen molar-refractivity contribution in [2.45, 2.75) is 38.1 Å². The number of amides is 1. The predicted octanol–water partition coefficient (Wildman–Crippen LogP) is 2.90. The lowest BCUT2D eigenvalue weighted by Crippen LogP contribution is -2.37. The van der Waals surface area contributed by atoms with Crippen molar-refractivity contribution in [1.29, 1.82) is 0 Å². The smallest absolute Gasteiger partial charge is 0.224 e. The molecule has 2 N–H and O–H groups in total. The summed E-state index contributed by atoms with van der Waals surface area (Å²) < 4.78 is 13.0. The normalized spacial score (nSPS) is 22.4. The number of nitrogens with one attached hydrogen (secondary N) is 1. The van der Waals surface area contributed by atoms with Gasteiger partial charge >= 0.3 is 0 Å². The number of aliphatic hydroxyl groups is 1. The summed E-state index contributed by atoms with van der Waals surface area (Å²) in [5.74, 6) is 0.114. The Morgan fingerprint density at radius 1 is 1.33 bits per heavy atom. The average Bonchev–Trinajstić information content (AvgIpc) is 2.48. The van der Waals surface area contributed by atoms with Crippen LogP contribution in [-0.4, -0.2) is 23.7 Å². The Balaban J connectivity index is 1.72. The zero-order valence-corrected chi connectivity index (χ0v) is 12.1. The van der Waals surface area contributed by atoms with Crippen molar-refractivity contribution in [3.05, 3.63) is 41.7 Å². The Hall–Kier alpha value is -1.68. The van der Waals surface area contributed by atoms with Crippen molar-refractivity contribution < 1.29 is 14.3 Å². The molecule has 2 rings (SSSR count). The molecular weight excluding hydrogens is 269 g/mol. The number of halogens is 1. The molecule has 0 bridgehead atoms. The molecule has 1 aliphatic rings. The van der Waals surface area contributed by atoms with E-state index in [0.717, 1.165) is 31.2 Å². The van der Waals surface area contributed by atoms with E-state index in [1.165, 1.54) is 12.1 Å². The minimum absolute atomic E-state index is 0.00454. The first-order chi connectivity index (χ1) is 10.2. The molecule has 1 aromatic rings. The summed E-state index contributed by atoms with van der Waals surface area (Å²) >= 11 is 0. The molecule has 0 aromatic heterocycles. The maximum absolute atomic E-state index is 13.0. The highest BCUT2D eigenvalue weighted by Crippen LogP contribution is 2.23. The van der Waals surface area contributed by atoms with Crippen molar-refractivity contribution in [2.75, 3.05) is 6.61 Å². The summed E-state index contributed by atoms with van der Waals surface area (Å²) in [7, 11) is 0. The van der Waals surface area contributed by atoms with Crippen LogP contribution >= 0.6 is 0 Å². The zero-order valence-electron chi connectivity index (χ0n) is 12.1. The van der Waals surface area contributed by atoms with Gasteiger partial charge in [0.05, 0.1) is 0 Å². The predicted molar refractivity (Wildman–Crippen MR) is 81.0 cm³/mol. The number of rotatable bonds is 5. The van der Waals surface area contributed by atoms with Crippen LogP contribution in [0.1, 0.15) is 37.7 Å². The van der Waals surface area contributed by atoms with Crippen LogP contribution in [0.15, 0.2) is 30.3 Å². The van der Waals surface area contributed by atoms with Gasteiger partial charge in [-0.25, -0.2) is 4.39 Å². The minimum Gasteiger partial charge on any atom is -0.396 e. The van der Waals surface area contributed by atoms with E-state index in [9.17, 15) is 9.18 Å². The molecule has 0 radical (unpaired) electrons. The molecule has 21 heavy (non-hydrogen) atoms. The SMILES string of the molecule is O=C(C/C=C/c1cccc(F)c1)NC1CCC(CO)CC1. The Bertz CT molecular complexity index is 493. The van der Waals surface area contributed by atoms with Crippen LogP contribution < -0.4 is 5.32 Å². The van der Waals surface area contributed by atoms with Crippen LogP contribution in [0, 0.1) is 11.7 Å². The van der Waals surface area contributed by atoms with Crippen LogP contribution in [0.5, 0.6) is 0 Å². The third-order valence-corrected chi connectivity index (χ3v) is 3.93. The van der Waals surface area contributed by atoms with Gasteiger partial charge in [-0.2, -0.15) is 0 Å². The van der Waals surface area contributed by atoms with Crippen LogP contribution in [0.25, 0.3) is 6.08 Å². The van der Waals surface area contributed by atoms with Gasteiger partial charge in [0.25, 0.3) is 0 Å². The van der Waals surface area contributed by atoms with Crippen molar-refractivity contribution >= 4 is 12.0 Å². The fourth-order valence-electron chi connectivity index (χ4n) is 2.69. The summed E-state index contributed by atoms with van der Waals surface area (Å²) in [6.07, 6.45) is 7.63. The summed E-state index contributed by atoms with van der Waals surface area (Å²) in [6, 6.07) is 6.50. The highest BCUT2D eigenvalue weighted by molar-refractivity contribution is 5.78. The number of hydrogen-bond acceptors (Lipinski definition) is 2. The fourth-order valence-corrected chi connectivity index (χ4v) is 2.69. The van der Waals surface area contributed by atoms with E-state index < -0.39 is 0 Å². The molecule has 0 saturated heterocycles. The first-order valence-electron chi connectivity index (χ1n) is 7.49. The molecular formula is C17H22FNO2. The van der Waals surface area contributed by atoms with Gasteiger partial charge in [0.2, 0.25) is 5.91 Å². The maximum Gasteiger partial charge on any atom is 0.224 e. The van der Waals surface area contributed by atoms with Crippen LogP contribution in [0.2, 0.25) is 0 Å². The van der Waals surface area contributed by atoms with Gasteiger partial charge in [-0.05, 0) is 49.3 Å². The van der Waals surface area contributed by atoms with Crippen LogP contribution in [0.4, 0.5) is 4.39 Å². The molecule has 0 heterocycles. The lowest BCUT2D eigenvalue weighted by molar-refractivity contribution is -0.121. The highest BCUT2D eigenvalue weighted by Gasteiger charge is 2.21. The summed E-state index contributed by atoms with van der Waals surface area (Å²) in [5, 5.41) is 12.1. The van der Waals surface area contributed by atoms with Gasteiger partial charge in [-0.3, -0.25) is 4.79 Å². The molecule has 3 nitrogen and oxygen atoms in total. The van der Waals surface area contributed by atoms with E-state index in [4.69, 9.17) is 5.11 Å². The molecule has 0 atom stereocenters. The summed E-state index contributed by atoms with van der Waals surface area (Å²) in [6.45, 7) is 0.247. The standard InChI is InChI=1S/C17H22FNO2/c18-15-5-1-3-13(11-15)4-2-6-17(21)19-16-9-7-14(12-20)8-10-16/h1-5,11,14,16,20H,6-10,12H2,(H,19,21)/b4-2+. The number of benzene rings is 1. The van der Waals surface area contributed by atoms with Gasteiger partial charge < -0.3 is 10.4 Å². The first kappa shape index (κ1) is 15.7. The summed E-state index contributed by atoms with van der Waals surface area (Å²) in [4.78, 5) is 11.8. The number of hydrogen-bond donors (Lipinski definition) is 2. The van der Waals surface area contributed by atoms with E-state index in [2.05, 4.69) is 5.32 Å². The van der Waals surface area contributed by atoms with Crippen molar-refractivity contribution in [3.8, 4) is 0 Å². The van der Waals surface area contributed by atoms with E-state index in [1.54, 1.807) is 24.3 Å². The third-order valence-electron chi connectivity index (χ3n) is 3.93. The van der Waals surface area contributed by atoms with Gasteiger partial charge in [0, 0.05) is 19.1 Å². The second-order valence-electron chi connectivity index (χ2n) is 5.63. The number of carbonyl (C=O) groups is 1. The zero-order chi connectivity index (χ0) is 15.1. The number of aliphatic hydroxyl groups excluding tert-OH is 1. The molecule has 1 amide bonds. The molecule has 1 fully saturated rings. The Morgan fingerprint density at radius 3 is 2.76 bits per heavy atom. The monoisotopic (exact) mass is 291 g/mol. The molecule has 1 saturated carbocycles. The van der Waals surface area contributed by atoms with Crippen LogP contribution in [0.3, 0.4) is 0 Å². The largest absolute Gasteiger partial charge is 0.396 e. The first-order valence-corrected chi connectivity index (χ1v) is 7.49. The Morgan fingerprint density at radius 2 is 2.10 bits per heavy atom. The molecule has 1 aliphatic carbocycles. The second-order valence-corrected chi connectivity index (χ2v) is 5.63. The van der Waals surface area contributed by atoms with E-state index in [-0.39, 0.29) is 24.4 Å². The summed E-state index contributed by atoms with van der Waals surface area (Å²) in [5.41, 5.74) is 0.756. The fraction of sp³-hybridized carbons (Fsp3) is 0.471. The molecule has 114 valence electrons. The molecule has 0 spiro atoms. The lowest BCUT2D eigenvalue weighted by atomic mass is 9.86. The van der Waals surface area contributed by atoms with Crippen molar-refractivity contribution in [3.63, 3.8) is 0 Å². The Kier molecular flexibility index (Phi) is 5.93. The van der Waals surface area contributed by atoms with Gasteiger partial charge in [0.1, 0.15) is 5.82 Å². The number of carbonyl (C=O) groups excluding carboxylic acids is 1. The van der Waals surface area contributed by atoms with Crippen molar-refractivity contribution in [2.24, 2.45) is 5.92 Å². The quantitative estimate of drug-likeness (QED) is 0.876. The van der Waals surface area contributed by atoms with Gasteiger partial charge in [-0.1, -0.05) is 24.3 Å². The highest BCUT2D eigenvalue weighted by atomic mass is 19.1. The van der Waals surface area contributed by atoms with E-state index in [0.29, 0.717) is 12.3 Å². The van der Waals surface area contributed by atoms with Gasteiger partial charge in [-0.15, -0.1) is 0 Å². The lowest BCUT2D eigenvalue weighted by Gasteiger charge is -2.27. The van der Waals surface area contributed by atoms with Crippen molar-refractivity contribution in [1.82, 2.24) is 5.32 Å². The third kappa shape index (κ3) is 5.31. The molecule has 0 unspecified atom stereocenters. The Labute approximate surface area is 124 Å². The second kappa shape index (κ2) is 7.93. The topological polar surface area (TPSA) is 49.3 Å². The average molecular weight is 291 g/mol. The molecule has 1 aromatic carbocycles. The maximum atomic E-state index is 13.0.